The molecule has 26 heavy (non-hydrogen) atoms. The summed E-state index contributed by atoms with van der Waals surface area (Å²) >= 11 is 7.89. The van der Waals surface area contributed by atoms with Gasteiger partial charge in [0.25, 0.3) is 0 Å². The normalized spacial score (nSPS) is 10.4. The zero-order chi connectivity index (χ0) is 18.4. The van der Waals surface area contributed by atoms with Gasteiger partial charge in [0, 0.05) is 32.6 Å². The molecule has 5 heteroatoms. The summed E-state index contributed by atoms with van der Waals surface area (Å²) in [7, 11) is 3.33. The summed E-state index contributed by atoms with van der Waals surface area (Å²) in [4.78, 5) is 2.24. The molecular formula is C21H20ClNO2S. The molecule has 3 nitrogen and oxygen atoms in total. The Morgan fingerprint density at radius 1 is 0.923 bits per heavy atom. The quantitative estimate of drug-likeness (QED) is 0.530. The van der Waals surface area contributed by atoms with Crippen molar-refractivity contribution in [1.82, 2.24) is 0 Å². The fourth-order valence-electron chi connectivity index (χ4n) is 2.55. The van der Waals surface area contributed by atoms with Crippen molar-refractivity contribution in [3.05, 3.63) is 77.3 Å². The molecule has 3 aromatic rings. The molecule has 0 saturated carbocycles. The number of rotatable bonds is 7. The molecule has 0 unspecified atom stereocenters. The Labute approximate surface area is 163 Å². The molecule has 0 saturated heterocycles. The first-order valence-electron chi connectivity index (χ1n) is 8.17. The summed E-state index contributed by atoms with van der Waals surface area (Å²) in [5, 5.41) is 4.20. The first kappa shape index (κ1) is 18.5. The Morgan fingerprint density at radius 2 is 1.73 bits per heavy atom. The zero-order valence-electron chi connectivity index (χ0n) is 14.7. The minimum atomic E-state index is 0.615. The van der Waals surface area contributed by atoms with Crippen LogP contribution in [0.2, 0.25) is 5.02 Å². The molecule has 0 aliphatic heterocycles. The molecule has 0 aliphatic rings. The lowest BCUT2D eigenvalue weighted by atomic mass is 10.2. The van der Waals surface area contributed by atoms with Gasteiger partial charge < -0.3 is 14.8 Å². The molecule has 0 amide bonds. The fourth-order valence-corrected chi connectivity index (χ4v) is 3.77. The van der Waals surface area contributed by atoms with Crippen LogP contribution in [-0.2, 0) is 6.54 Å². The van der Waals surface area contributed by atoms with E-state index in [1.54, 1.807) is 26.0 Å². The SMILES string of the molecule is COc1ccc(OC)c(CNc2ccc(Cl)cc2Sc2ccccc2)c1. The van der Waals surface area contributed by atoms with E-state index in [4.69, 9.17) is 21.1 Å². The van der Waals surface area contributed by atoms with Gasteiger partial charge in [-0.15, -0.1) is 0 Å². The Kier molecular flexibility index (Phi) is 6.31. The standard InChI is InChI=1S/C21H20ClNO2S/c1-24-17-9-11-20(25-2)15(12-17)14-23-19-10-8-16(22)13-21(19)26-18-6-4-3-5-7-18/h3-13,23H,14H2,1-2H3. The van der Waals surface area contributed by atoms with Crippen LogP contribution in [0.3, 0.4) is 0 Å². The number of ether oxygens (including phenoxy) is 2. The molecule has 0 heterocycles. The fraction of sp³-hybridized carbons (Fsp3) is 0.143. The Balaban J connectivity index is 1.82. The topological polar surface area (TPSA) is 30.5 Å². The lowest BCUT2D eigenvalue weighted by molar-refractivity contribution is 0.399. The molecule has 134 valence electrons. The molecule has 3 aromatic carbocycles. The lowest BCUT2D eigenvalue weighted by Gasteiger charge is -2.15. The van der Waals surface area contributed by atoms with Gasteiger partial charge >= 0.3 is 0 Å². The average molecular weight is 386 g/mol. The number of nitrogens with one attached hydrogen (secondary N) is 1. The monoisotopic (exact) mass is 385 g/mol. The summed E-state index contributed by atoms with van der Waals surface area (Å²) in [6.45, 7) is 0.615. The molecule has 0 fully saturated rings. The van der Waals surface area contributed by atoms with Crippen molar-refractivity contribution in [2.75, 3.05) is 19.5 Å². The van der Waals surface area contributed by atoms with Gasteiger partial charge in [-0.3, -0.25) is 0 Å². The van der Waals surface area contributed by atoms with Crippen molar-refractivity contribution in [1.29, 1.82) is 0 Å². The highest BCUT2D eigenvalue weighted by atomic mass is 35.5. The van der Waals surface area contributed by atoms with Crippen LogP contribution >= 0.6 is 23.4 Å². The van der Waals surface area contributed by atoms with E-state index in [0.717, 1.165) is 32.5 Å². The van der Waals surface area contributed by atoms with E-state index in [1.165, 1.54) is 0 Å². The summed E-state index contributed by atoms with van der Waals surface area (Å²) in [5.41, 5.74) is 2.05. The van der Waals surface area contributed by atoms with Crippen molar-refractivity contribution >= 4 is 29.1 Å². The van der Waals surface area contributed by atoms with Gasteiger partial charge in [0.15, 0.2) is 0 Å². The molecule has 0 atom stereocenters. The van der Waals surface area contributed by atoms with E-state index in [1.807, 2.05) is 54.6 Å². The molecular weight excluding hydrogens is 366 g/mol. The van der Waals surface area contributed by atoms with Gasteiger partial charge in [0.1, 0.15) is 11.5 Å². The number of methoxy groups -OCH3 is 2. The molecule has 0 aromatic heterocycles. The van der Waals surface area contributed by atoms with E-state index in [9.17, 15) is 0 Å². The van der Waals surface area contributed by atoms with Crippen LogP contribution in [0.25, 0.3) is 0 Å². The van der Waals surface area contributed by atoms with Gasteiger partial charge in [0.05, 0.1) is 14.2 Å². The number of benzene rings is 3. The lowest BCUT2D eigenvalue weighted by Crippen LogP contribution is -2.03. The second kappa shape index (κ2) is 8.88. The van der Waals surface area contributed by atoms with E-state index in [2.05, 4.69) is 17.4 Å². The first-order chi connectivity index (χ1) is 12.7. The molecule has 0 aliphatic carbocycles. The minimum absolute atomic E-state index is 0.615. The number of halogens is 1. The van der Waals surface area contributed by atoms with E-state index in [-0.39, 0.29) is 0 Å². The Hall–Kier alpha value is -2.30. The smallest absolute Gasteiger partial charge is 0.124 e. The predicted molar refractivity (Wildman–Crippen MR) is 109 cm³/mol. The third-order valence-corrected chi connectivity index (χ3v) is 5.17. The largest absolute Gasteiger partial charge is 0.497 e. The highest BCUT2D eigenvalue weighted by Crippen LogP contribution is 2.36. The average Bonchev–Trinajstić information content (AvgIpc) is 2.68. The van der Waals surface area contributed by atoms with Gasteiger partial charge in [-0.1, -0.05) is 41.6 Å². The maximum Gasteiger partial charge on any atom is 0.124 e. The Morgan fingerprint density at radius 3 is 2.46 bits per heavy atom. The molecule has 0 radical (unpaired) electrons. The van der Waals surface area contributed by atoms with Crippen molar-refractivity contribution in [2.24, 2.45) is 0 Å². The first-order valence-corrected chi connectivity index (χ1v) is 9.36. The van der Waals surface area contributed by atoms with E-state index in [0.29, 0.717) is 11.6 Å². The third kappa shape index (κ3) is 4.65. The summed E-state index contributed by atoms with van der Waals surface area (Å²) in [6.07, 6.45) is 0. The zero-order valence-corrected chi connectivity index (χ0v) is 16.2. The third-order valence-electron chi connectivity index (χ3n) is 3.87. The number of hydrogen-bond donors (Lipinski definition) is 1. The van der Waals surface area contributed by atoms with E-state index < -0.39 is 0 Å². The summed E-state index contributed by atoms with van der Waals surface area (Å²) < 4.78 is 10.8. The molecule has 0 bridgehead atoms. The van der Waals surface area contributed by atoms with Crippen LogP contribution in [0, 0.1) is 0 Å². The van der Waals surface area contributed by atoms with Gasteiger partial charge in [-0.05, 0) is 48.5 Å². The van der Waals surface area contributed by atoms with Gasteiger partial charge in [-0.2, -0.15) is 0 Å². The van der Waals surface area contributed by atoms with Crippen LogP contribution < -0.4 is 14.8 Å². The summed E-state index contributed by atoms with van der Waals surface area (Å²) in [5.74, 6) is 1.63. The van der Waals surface area contributed by atoms with Crippen molar-refractivity contribution in [3.63, 3.8) is 0 Å². The van der Waals surface area contributed by atoms with Gasteiger partial charge in [-0.25, -0.2) is 0 Å². The van der Waals surface area contributed by atoms with Crippen LogP contribution in [0.5, 0.6) is 11.5 Å². The van der Waals surface area contributed by atoms with Crippen molar-refractivity contribution < 1.29 is 9.47 Å². The van der Waals surface area contributed by atoms with Crippen molar-refractivity contribution in [3.8, 4) is 11.5 Å². The highest BCUT2D eigenvalue weighted by Gasteiger charge is 2.09. The minimum Gasteiger partial charge on any atom is -0.497 e. The predicted octanol–water partition coefficient (Wildman–Crippen LogP) is 6.12. The van der Waals surface area contributed by atoms with Crippen LogP contribution in [0.15, 0.2) is 76.5 Å². The second-order valence-corrected chi connectivity index (χ2v) is 7.14. The van der Waals surface area contributed by atoms with Gasteiger partial charge in [0.2, 0.25) is 0 Å². The van der Waals surface area contributed by atoms with E-state index >= 15 is 0 Å². The Bertz CT molecular complexity index is 871. The summed E-state index contributed by atoms with van der Waals surface area (Å²) in [6, 6.07) is 21.9. The second-order valence-electron chi connectivity index (χ2n) is 5.59. The van der Waals surface area contributed by atoms with Crippen molar-refractivity contribution in [2.45, 2.75) is 16.3 Å². The van der Waals surface area contributed by atoms with Crippen LogP contribution in [0.4, 0.5) is 5.69 Å². The van der Waals surface area contributed by atoms with Crippen LogP contribution in [-0.4, -0.2) is 14.2 Å². The molecule has 1 N–H and O–H groups in total. The maximum absolute atomic E-state index is 6.21. The molecule has 0 spiro atoms. The maximum atomic E-state index is 6.21. The number of anilines is 1. The molecule has 3 rings (SSSR count). The van der Waals surface area contributed by atoms with Crippen LogP contribution in [0.1, 0.15) is 5.56 Å². The number of hydrogen-bond acceptors (Lipinski definition) is 4. The highest BCUT2D eigenvalue weighted by molar-refractivity contribution is 7.99.